The first kappa shape index (κ1) is 18.7. The number of carbonyl (C=O) groups excluding carboxylic acids is 1. The number of ether oxygens (including phenoxy) is 2. The molecule has 1 aliphatic rings. The lowest BCUT2D eigenvalue weighted by Crippen LogP contribution is -2.35. The zero-order valence-corrected chi connectivity index (χ0v) is 16.3. The van der Waals surface area contributed by atoms with E-state index in [9.17, 15) is 9.59 Å². The number of rotatable bonds is 5. The van der Waals surface area contributed by atoms with Gasteiger partial charge in [-0.25, -0.2) is 4.68 Å². The molecule has 1 amide bonds. The van der Waals surface area contributed by atoms with Gasteiger partial charge in [0.25, 0.3) is 5.91 Å². The van der Waals surface area contributed by atoms with Gasteiger partial charge in [0.15, 0.2) is 17.2 Å². The molecule has 0 atom stereocenters. The van der Waals surface area contributed by atoms with Crippen molar-refractivity contribution in [3.63, 3.8) is 0 Å². The van der Waals surface area contributed by atoms with Gasteiger partial charge in [-0.1, -0.05) is 24.3 Å². The van der Waals surface area contributed by atoms with Crippen molar-refractivity contribution in [3.8, 4) is 17.2 Å². The Balaban J connectivity index is 1.64. The number of aryl methyl sites for hydroxylation is 1. The Bertz CT molecular complexity index is 1110. The van der Waals surface area contributed by atoms with E-state index in [2.05, 4.69) is 5.10 Å². The average molecular weight is 391 g/mol. The zero-order chi connectivity index (χ0) is 20.4. The predicted molar refractivity (Wildman–Crippen MR) is 108 cm³/mol. The maximum atomic E-state index is 13.1. The summed E-state index contributed by atoms with van der Waals surface area (Å²) in [5.41, 5.74) is 1.86. The van der Waals surface area contributed by atoms with Gasteiger partial charge >= 0.3 is 0 Å². The molecule has 29 heavy (non-hydrogen) atoms. The molecule has 0 saturated carbocycles. The monoisotopic (exact) mass is 391 g/mol. The Hall–Kier alpha value is -3.61. The van der Waals surface area contributed by atoms with Gasteiger partial charge in [-0.2, -0.15) is 5.10 Å². The summed E-state index contributed by atoms with van der Waals surface area (Å²) in [4.78, 5) is 27.2. The quantitative estimate of drug-likeness (QED) is 0.669. The Kier molecular flexibility index (Phi) is 5.03. The van der Waals surface area contributed by atoms with Crippen LogP contribution in [0.3, 0.4) is 0 Å². The first-order valence-corrected chi connectivity index (χ1v) is 9.41. The number of para-hydroxylation sites is 1. The highest BCUT2D eigenvalue weighted by atomic mass is 16.7. The van der Waals surface area contributed by atoms with Crippen LogP contribution < -0.4 is 14.9 Å². The molecule has 0 bridgehead atoms. The first-order valence-electron chi connectivity index (χ1n) is 9.41. The van der Waals surface area contributed by atoms with Crippen molar-refractivity contribution in [1.82, 2.24) is 14.7 Å². The Morgan fingerprint density at radius 3 is 2.62 bits per heavy atom. The fourth-order valence-electron chi connectivity index (χ4n) is 3.26. The molecule has 3 aromatic rings. The number of aromatic nitrogens is 2. The van der Waals surface area contributed by atoms with E-state index in [1.165, 1.54) is 6.07 Å². The molecule has 0 N–H and O–H groups in total. The highest BCUT2D eigenvalue weighted by molar-refractivity contribution is 5.92. The topological polar surface area (TPSA) is 73.7 Å². The lowest BCUT2D eigenvalue weighted by molar-refractivity contribution is 0.0743. The predicted octanol–water partition coefficient (Wildman–Crippen LogP) is 2.93. The summed E-state index contributed by atoms with van der Waals surface area (Å²) < 4.78 is 12.3. The second-order valence-corrected chi connectivity index (χ2v) is 6.75. The van der Waals surface area contributed by atoms with Crippen LogP contribution in [-0.2, 0) is 6.54 Å². The van der Waals surface area contributed by atoms with Crippen molar-refractivity contribution in [2.75, 3.05) is 13.3 Å². The number of nitrogens with zero attached hydrogens (tertiary/aromatic N) is 3. The lowest BCUT2D eigenvalue weighted by atomic mass is 10.1. The normalized spacial score (nSPS) is 12.1. The van der Waals surface area contributed by atoms with E-state index >= 15 is 0 Å². The van der Waals surface area contributed by atoms with E-state index in [0.717, 1.165) is 11.3 Å². The summed E-state index contributed by atoms with van der Waals surface area (Å²) in [6.07, 6.45) is 0. The van der Waals surface area contributed by atoms with Gasteiger partial charge in [-0.15, -0.1) is 0 Å². The van der Waals surface area contributed by atoms with Crippen LogP contribution in [0.1, 0.15) is 28.7 Å². The van der Waals surface area contributed by atoms with Crippen LogP contribution in [0.15, 0.2) is 59.4 Å². The van der Waals surface area contributed by atoms with E-state index in [0.29, 0.717) is 30.3 Å². The maximum absolute atomic E-state index is 13.1. The van der Waals surface area contributed by atoms with Gasteiger partial charge in [-0.05, 0) is 43.7 Å². The summed E-state index contributed by atoms with van der Waals surface area (Å²) in [5, 5.41) is 4.38. The smallest absolute Gasteiger partial charge is 0.278 e. The number of fused-ring (bicyclic) bond motifs is 1. The SMILES string of the molecule is CCN(Cc1ccc2c(c1)OCO2)C(=O)c1nn(-c2ccccc2)c(C)cc1=O. The van der Waals surface area contributed by atoms with Crippen molar-refractivity contribution in [2.45, 2.75) is 20.4 Å². The van der Waals surface area contributed by atoms with Crippen LogP contribution in [0.2, 0.25) is 0 Å². The highest BCUT2D eigenvalue weighted by Crippen LogP contribution is 2.32. The average Bonchev–Trinajstić information content (AvgIpc) is 3.20. The number of benzene rings is 2. The summed E-state index contributed by atoms with van der Waals surface area (Å²) >= 11 is 0. The molecule has 0 radical (unpaired) electrons. The fraction of sp³-hybridized carbons (Fsp3) is 0.227. The maximum Gasteiger partial charge on any atom is 0.278 e. The molecular formula is C22H21N3O4. The molecule has 1 aliphatic heterocycles. The second kappa shape index (κ2) is 7.79. The summed E-state index contributed by atoms with van der Waals surface area (Å²) in [6, 6.07) is 16.4. The number of hydrogen-bond donors (Lipinski definition) is 0. The number of carbonyl (C=O) groups is 1. The minimum absolute atomic E-state index is 0.0953. The minimum atomic E-state index is -0.403. The molecule has 4 rings (SSSR count). The fourth-order valence-corrected chi connectivity index (χ4v) is 3.26. The lowest BCUT2D eigenvalue weighted by Gasteiger charge is -2.21. The molecule has 0 aliphatic carbocycles. The largest absolute Gasteiger partial charge is 0.454 e. The van der Waals surface area contributed by atoms with Crippen molar-refractivity contribution >= 4 is 5.91 Å². The van der Waals surface area contributed by atoms with E-state index in [1.54, 1.807) is 16.5 Å². The van der Waals surface area contributed by atoms with Gasteiger partial charge in [0.05, 0.1) is 5.69 Å². The molecule has 7 heteroatoms. The van der Waals surface area contributed by atoms with E-state index in [4.69, 9.17) is 9.47 Å². The molecule has 2 heterocycles. The molecule has 0 unspecified atom stereocenters. The molecule has 7 nitrogen and oxygen atoms in total. The molecule has 148 valence electrons. The van der Waals surface area contributed by atoms with E-state index in [-0.39, 0.29) is 17.9 Å². The summed E-state index contributed by atoms with van der Waals surface area (Å²) in [6.45, 7) is 4.64. The van der Waals surface area contributed by atoms with Crippen molar-refractivity contribution in [2.24, 2.45) is 0 Å². The number of amides is 1. The van der Waals surface area contributed by atoms with Crippen LogP contribution >= 0.6 is 0 Å². The first-order chi connectivity index (χ1) is 14.1. The van der Waals surface area contributed by atoms with Crippen molar-refractivity contribution in [1.29, 1.82) is 0 Å². The van der Waals surface area contributed by atoms with Crippen molar-refractivity contribution in [3.05, 3.63) is 81.8 Å². The van der Waals surface area contributed by atoms with Gasteiger partial charge in [-0.3, -0.25) is 9.59 Å². The Morgan fingerprint density at radius 1 is 1.10 bits per heavy atom. The van der Waals surface area contributed by atoms with Crippen LogP contribution in [0.4, 0.5) is 0 Å². The van der Waals surface area contributed by atoms with E-state index in [1.807, 2.05) is 55.5 Å². The van der Waals surface area contributed by atoms with Crippen LogP contribution in [-0.4, -0.2) is 33.9 Å². The summed E-state index contributed by atoms with van der Waals surface area (Å²) in [7, 11) is 0. The minimum Gasteiger partial charge on any atom is -0.454 e. The van der Waals surface area contributed by atoms with Crippen LogP contribution in [0.25, 0.3) is 5.69 Å². The van der Waals surface area contributed by atoms with E-state index < -0.39 is 5.91 Å². The van der Waals surface area contributed by atoms with Gasteiger partial charge in [0.1, 0.15) is 0 Å². The highest BCUT2D eigenvalue weighted by Gasteiger charge is 2.22. The van der Waals surface area contributed by atoms with Gasteiger partial charge in [0.2, 0.25) is 12.2 Å². The molecule has 2 aromatic carbocycles. The van der Waals surface area contributed by atoms with Crippen LogP contribution in [0.5, 0.6) is 11.5 Å². The Labute approximate surface area is 168 Å². The Morgan fingerprint density at radius 2 is 1.86 bits per heavy atom. The van der Waals surface area contributed by atoms with Crippen molar-refractivity contribution < 1.29 is 14.3 Å². The molecule has 1 aromatic heterocycles. The van der Waals surface area contributed by atoms with Crippen LogP contribution in [0, 0.1) is 6.92 Å². The number of hydrogen-bond acceptors (Lipinski definition) is 5. The van der Waals surface area contributed by atoms with Gasteiger partial charge in [0, 0.05) is 24.8 Å². The molecule has 0 spiro atoms. The third kappa shape index (κ3) is 3.71. The molecule has 0 saturated heterocycles. The third-order valence-corrected chi connectivity index (χ3v) is 4.79. The van der Waals surface area contributed by atoms with Gasteiger partial charge < -0.3 is 14.4 Å². The summed E-state index contributed by atoms with van der Waals surface area (Å²) in [5.74, 6) is 0.944. The molecular weight excluding hydrogens is 370 g/mol. The third-order valence-electron chi connectivity index (χ3n) is 4.79. The second-order valence-electron chi connectivity index (χ2n) is 6.75. The molecule has 0 fully saturated rings. The standard InChI is InChI=1S/C22H21N3O4/c1-3-24(13-16-9-10-19-20(12-16)29-14-28-19)22(27)21-18(26)11-15(2)25(23-21)17-7-5-4-6-8-17/h4-12H,3,13-14H2,1-2H3. The zero-order valence-electron chi connectivity index (χ0n) is 16.3.